The fourth-order valence-corrected chi connectivity index (χ4v) is 2.97. The number of carbonyl (C=O) groups is 1. The van der Waals surface area contributed by atoms with Gasteiger partial charge in [0.1, 0.15) is 19.0 Å². The van der Waals surface area contributed by atoms with E-state index in [1.807, 2.05) is 24.3 Å². The summed E-state index contributed by atoms with van der Waals surface area (Å²) in [6, 6.07) is 18.6. The summed E-state index contributed by atoms with van der Waals surface area (Å²) < 4.78 is 22.0. The molecule has 0 fully saturated rings. The third-order valence-electron chi connectivity index (χ3n) is 4.38. The second-order valence-corrected chi connectivity index (χ2v) is 6.64. The summed E-state index contributed by atoms with van der Waals surface area (Å²) in [7, 11) is 0. The number of carbonyl (C=O) groups excluding carboxylic acids is 1. The average Bonchev–Trinajstić information content (AvgIpc) is 2.74. The molecule has 3 aromatic rings. The third-order valence-corrected chi connectivity index (χ3v) is 4.38. The predicted molar refractivity (Wildman–Crippen MR) is 114 cm³/mol. The molecule has 0 unspecified atom stereocenters. The van der Waals surface area contributed by atoms with Crippen molar-refractivity contribution in [3.8, 4) is 5.75 Å². The molecule has 0 atom stereocenters. The first kappa shape index (κ1) is 20.8. The molecule has 152 valence electrons. The van der Waals surface area contributed by atoms with E-state index in [4.69, 9.17) is 18.9 Å². The van der Waals surface area contributed by atoms with Gasteiger partial charge in [-0.3, -0.25) is 0 Å². The highest BCUT2D eigenvalue weighted by atomic mass is 16.6. The molecule has 0 saturated heterocycles. The first-order valence-corrected chi connectivity index (χ1v) is 9.68. The van der Waals surface area contributed by atoms with Crippen LogP contribution in [-0.2, 0) is 19.0 Å². The number of hydrogen-bond acceptors (Lipinski definition) is 5. The zero-order chi connectivity index (χ0) is 20.5. The van der Waals surface area contributed by atoms with Gasteiger partial charge in [0.2, 0.25) is 0 Å². The first-order chi connectivity index (χ1) is 14.2. The number of fused-ring (bicyclic) bond motifs is 2. The normalized spacial score (nSPS) is 10.9. The van der Waals surface area contributed by atoms with E-state index in [2.05, 4.69) is 36.9 Å². The van der Waals surface area contributed by atoms with E-state index in [1.54, 1.807) is 6.92 Å². The lowest BCUT2D eigenvalue weighted by Gasteiger charge is -2.13. The van der Waals surface area contributed by atoms with Gasteiger partial charge >= 0.3 is 5.97 Å². The van der Waals surface area contributed by atoms with Gasteiger partial charge in [0, 0.05) is 16.3 Å². The van der Waals surface area contributed by atoms with Crippen LogP contribution in [0.5, 0.6) is 5.75 Å². The molecule has 0 heterocycles. The minimum atomic E-state index is -0.400. The van der Waals surface area contributed by atoms with Crippen molar-refractivity contribution < 1.29 is 23.7 Å². The molecule has 0 aliphatic rings. The van der Waals surface area contributed by atoms with Gasteiger partial charge in [-0.1, -0.05) is 55.1 Å². The second-order valence-electron chi connectivity index (χ2n) is 6.64. The van der Waals surface area contributed by atoms with Crippen molar-refractivity contribution in [3.05, 3.63) is 66.7 Å². The SMILES string of the molecule is C=C(C)C(=O)OCCOCCOCCOc1c2ccccc2cc2ccccc12. The summed E-state index contributed by atoms with van der Waals surface area (Å²) in [4.78, 5) is 11.2. The van der Waals surface area contributed by atoms with E-state index in [1.165, 1.54) is 0 Å². The quantitative estimate of drug-likeness (QED) is 0.207. The Balaban J connectivity index is 1.41. The molecule has 0 saturated carbocycles. The summed E-state index contributed by atoms with van der Waals surface area (Å²) in [6.45, 7) is 7.48. The van der Waals surface area contributed by atoms with Gasteiger partial charge < -0.3 is 18.9 Å². The van der Waals surface area contributed by atoms with Gasteiger partial charge in [0.25, 0.3) is 0 Å². The van der Waals surface area contributed by atoms with Crippen LogP contribution in [0, 0.1) is 0 Å². The van der Waals surface area contributed by atoms with E-state index < -0.39 is 5.97 Å². The lowest BCUT2D eigenvalue weighted by molar-refractivity contribution is -0.140. The Morgan fingerprint density at radius 3 is 1.90 bits per heavy atom. The number of hydrogen-bond donors (Lipinski definition) is 0. The molecule has 0 aliphatic heterocycles. The summed E-state index contributed by atoms with van der Waals surface area (Å²) >= 11 is 0. The van der Waals surface area contributed by atoms with Crippen LogP contribution < -0.4 is 4.74 Å². The molecule has 0 N–H and O–H groups in total. The monoisotopic (exact) mass is 394 g/mol. The van der Waals surface area contributed by atoms with Gasteiger partial charge in [0.05, 0.1) is 26.4 Å². The fraction of sp³-hybridized carbons (Fsp3) is 0.292. The van der Waals surface area contributed by atoms with Gasteiger partial charge in [-0.05, 0) is 23.8 Å². The van der Waals surface area contributed by atoms with Gasteiger partial charge in [-0.2, -0.15) is 0 Å². The van der Waals surface area contributed by atoms with Crippen LogP contribution in [0.2, 0.25) is 0 Å². The maximum absolute atomic E-state index is 11.2. The zero-order valence-corrected chi connectivity index (χ0v) is 16.7. The Bertz CT molecular complexity index is 925. The largest absolute Gasteiger partial charge is 0.490 e. The maximum atomic E-state index is 11.2. The smallest absolute Gasteiger partial charge is 0.333 e. The maximum Gasteiger partial charge on any atom is 0.333 e. The van der Waals surface area contributed by atoms with Crippen molar-refractivity contribution in [2.24, 2.45) is 0 Å². The highest BCUT2D eigenvalue weighted by Crippen LogP contribution is 2.34. The van der Waals surface area contributed by atoms with Crippen molar-refractivity contribution in [2.45, 2.75) is 6.92 Å². The Morgan fingerprint density at radius 1 is 0.793 bits per heavy atom. The molecule has 0 aromatic heterocycles. The average molecular weight is 394 g/mol. The minimum absolute atomic E-state index is 0.211. The topological polar surface area (TPSA) is 54.0 Å². The Morgan fingerprint density at radius 2 is 1.31 bits per heavy atom. The van der Waals surface area contributed by atoms with E-state index in [9.17, 15) is 4.79 Å². The van der Waals surface area contributed by atoms with Crippen molar-refractivity contribution in [3.63, 3.8) is 0 Å². The van der Waals surface area contributed by atoms with E-state index in [-0.39, 0.29) is 6.61 Å². The molecule has 0 aliphatic carbocycles. The summed E-state index contributed by atoms with van der Waals surface area (Å²) in [5, 5.41) is 4.50. The Labute approximate surface area is 170 Å². The highest BCUT2D eigenvalue weighted by Gasteiger charge is 2.08. The third kappa shape index (κ3) is 5.79. The molecule has 5 nitrogen and oxygen atoms in total. The molecule has 3 aromatic carbocycles. The summed E-state index contributed by atoms with van der Waals surface area (Å²) in [5.74, 6) is 0.487. The lowest BCUT2D eigenvalue weighted by Crippen LogP contribution is -2.14. The number of benzene rings is 3. The number of ether oxygens (including phenoxy) is 4. The lowest BCUT2D eigenvalue weighted by atomic mass is 10.0. The molecule has 29 heavy (non-hydrogen) atoms. The van der Waals surface area contributed by atoms with Crippen molar-refractivity contribution in [2.75, 3.05) is 39.6 Å². The van der Waals surface area contributed by atoms with E-state index in [0.29, 0.717) is 38.6 Å². The molecule has 0 bridgehead atoms. The molecule has 0 spiro atoms. The van der Waals surface area contributed by atoms with Gasteiger partial charge in [0.15, 0.2) is 0 Å². The van der Waals surface area contributed by atoms with Crippen LogP contribution in [0.25, 0.3) is 21.5 Å². The van der Waals surface area contributed by atoms with E-state index >= 15 is 0 Å². The second kappa shape index (κ2) is 10.6. The minimum Gasteiger partial charge on any atom is -0.490 e. The zero-order valence-electron chi connectivity index (χ0n) is 16.7. The van der Waals surface area contributed by atoms with Gasteiger partial charge in [-0.25, -0.2) is 4.79 Å². The predicted octanol–water partition coefficient (Wildman–Crippen LogP) is 4.52. The summed E-state index contributed by atoms with van der Waals surface area (Å²) in [6.07, 6.45) is 0. The van der Waals surface area contributed by atoms with Crippen LogP contribution in [0.15, 0.2) is 66.7 Å². The standard InChI is InChI=1S/C24H26O5/c1-18(2)24(25)29-16-14-27-12-11-26-13-15-28-23-21-9-5-3-7-19(21)17-20-8-4-6-10-22(20)23/h3-10,17H,1,11-16H2,2H3. The van der Waals surface area contributed by atoms with Gasteiger partial charge in [-0.15, -0.1) is 0 Å². The Hall–Kier alpha value is -2.89. The van der Waals surface area contributed by atoms with E-state index in [0.717, 1.165) is 27.3 Å². The van der Waals surface area contributed by atoms with Crippen LogP contribution in [0.1, 0.15) is 6.92 Å². The first-order valence-electron chi connectivity index (χ1n) is 9.68. The van der Waals surface area contributed by atoms with Crippen molar-refractivity contribution in [1.29, 1.82) is 0 Å². The van der Waals surface area contributed by atoms with Crippen molar-refractivity contribution >= 4 is 27.5 Å². The number of rotatable bonds is 11. The fourth-order valence-electron chi connectivity index (χ4n) is 2.97. The molecular weight excluding hydrogens is 368 g/mol. The van der Waals surface area contributed by atoms with Crippen LogP contribution in [0.4, 0.5) is 0 Å². The molecular formula is C24H26O5. The molecule has 3 rings (SSSR count). The van der Waals surface area contributed by atoms with Crippen molar-refractivity contribution in [1.82, 2.24) is 0 Å². The van der Waals surface area contributed by atoms with Crippen LogP contribution >= 0.6 is 0 Å². The molecule has 0 amide bonds. The molecule has 0 radical (unpaired) electrons. The summed E-state index contributed by atoms with van der Waals surface area (Å²) in [5.41, 5.74) is 0.382. The van der Waals surface area contributed by atoms with Crippen LogP contribution in [0.3, 0.4) is 0 Å². The van der Waals surface area contributed by atoms with Crippen LogP contribution in [-0.4, -0.2) is 45.6 Å². The highest BCUT2D eigenvalue weighted by molar-refractivity contribution is 6.05. The number of esters is 1. The molecule has 5 heteroatoms. The Kier molecular flexibility index (Phi) is 7.61.